The molecule has 1 aromatic carbocycles. The van der Waals surface area contributed by atoms with Gasteiger partial charge in [0.2, 0.25) is 0 Å². The topological polar surface area (TPSA) is 52.6 Å². The Hall–Kier alpha value is -0.910. The molecule has 0 amide bonds. The van der Waals surface area contributed by atoms with E-state index in [-0.39, 0.29) is 23.9 Å². The van der Waals surface area contributed by atoms with Crippen LogP contribution < -0.4 is 0 Å². The number of rotatable bonds is 6. The molecular weight excluding hydrogens is 312 g/mol. The van der Waals surface area contributed by atoms with Gasteiger partial charge in [-0.3, -0.25) is 0 Å². The summed E-state index contributed by atoms with van der Waals surface area (Å²) in [7, 11) is -3.26. The highest BCUT2D eigenvalue weighted by Gasteiger charge is 2.43. The van der Waals surface area contributed by atoms with Gasteiger partial charge in [-0.2, -0.15) is 0 Å². The Morgan fingerprint density at radius 2 is 1.70 bits per heavy atom. The molecule has 0 N–H and O–H groups in total. The standard InChI is InChI=1S/C18H28O4S/c1-13(2)17-16(21-18(4,5)22-17)11-14(3)12-23(19,20)15-9-7-6-8-10-15/h6-10,13-14,16-17H,11-12H2,1-5H3/t14-,16+,17+/m0/s1. The maximum Gasteiger partial charge on any atom is 0.178 e. The molecule has 1 aliphatic heterocycles. The van der Waals surface area contributed by atoms with Crippen LogP contribution in [0.15, 0.2) is 35.2 Å². The van der Waals surface area contributed by atoms with Crippen LogP contribution in [-0.2, 0) is 19.3 Å². The molecule has 2 rings (SSSR count). The lowest BCUT2D eigenvalue weighted by Gasteiger charge is -2.23. The van der Waals surface area contributed by atoms with Crippen molar-refractivity contribution in [2.24, 2.45) is 11.8 Å². The summed E-state index contributed by atoms with van der Waals surface area (Å²) in [4.78, 5) is 0.385. The third-order valence-electron chi connectivity index (χ3n) is 4.12. The summed E-state index contributed by atoms with van der Waals surface area (Å²) < 4.78 is 36.9. The summed E-state index contributed by atoms with van der Waals surface area (Å²) in [6.45, 7) is 10.00. The zero-order valence-electron chi connectivity index (χ0n) is 14.7. The number of sulfone groups is 1. The molecule has 1 aliphatic rings. The van der Waals surface area contributed by atoms with Crippen LogP contribution in [-0.4, -0.2) is 32.2 Å². The van der Waals surface area contributed by atoms with Crippen LogP contribution in [0.4, 0.5) is 0 Å². The Morgan fingerprint density at radius 3 is 2.26 bits per heavy atom. The van der Waals surface area contributed by atoms with E-state index >= 15 is 0 Å². The number of benzene rings is 1. The van der Waals surface area contributed by atoms with Gasteiger partial charge in [-0.1, -0.05) is 39.0 Å². The predicted octanol–water partition coefficient (Wildman–Crippen LogP) is 3.66. The van der Waals surface area contributed by atoms with E-state index in [1.54, 1.807) is 24.3 Å². The monoisotopic (exact) mass is 340 g/mol. The van der Waals surface area contributed by atoms with Crippen LogP contribution >= 0.6 is 0 Å². The lowest BCUT2D eigenvalue weighted by Crippen LogP contribution is -2.31. The largest absolute Gasteiger partial charge is 0.345 e. The van der Waals surface area contributed by atoms with E-state index in [9.17, 15) is 8.42 Å². The van der Waals surface area contributed by atoms with Gasteiger partial charge in [-0.15, -0.1) is 0 Å². The molecule has 0 unspecified atom stereocenters. The molecule has 4 nitrogen and oxygen atoms in total. The third-order valence-corrected chi connectivity index (χ3v) is 6.12. The highest BCUT2D eigenvalue weighted by atomic mass is 32.2. The lowest BCUT2D eigenvalue weighted by atomic mass is 9.95. The van der Waals surface area contributed by atoms with Gasteiger partial charge in [0.05, 0.1) is 22.9 Å². The Kier molecular flexibility index (Phi) is 5.54. The van der Waals surface area contributed by atoms with Gasteiger partial charge in [-0.25, -0.2) is 8.42 Å². The minimum Gasteiger partial charge on any atom is -0.345 e. The highest BCUT2D eigenvalue weighted by Crippen LogP contribution is 2.35. The summed E-state index contributed by atoms with van der Waals surface area (Å²) in [5, 5.41) is 0. The van der Waals surface area contributed by atoms with E-state index in [0.29, 0.717) is 17.2 Å². The molecule has 0 spiro atoms. The molecule has 5 heteroatoms. The Labute approximate surface area is 140 Å². The summed E-state index contributed by atoms with van der Waals surface area (Å²) >= 11 is 0. The van der Waals surface area contributed by atoms with E-state index in [2.05, 4.69) is 13.8 Å². The third kappa shape index (κ3) is 4.78. The lowest BCUT2D eigenvalue weighted by molar-refractivity contribution is -0.150. The number of hydrogen-bond donors (Lipinski definition) is 0. The van der Waals surface area contributed by atoms with Gasteiger partial charge in [-0.05, 0) is 44.2 Å². The van der Waals surface area contributed by atoms with Crippen molar-refractivity contribution in [2.75, 3.05) is 5.75 Å². The van der Waals surface area contributed by atoms with Crippen molar-refractivity contribution in [1.82, 2.24) is 0 Å². The van der Waals surface area contributed by atoms with Crippen molar-refractivity contribution in [3.63, 3.8) is 0 Å². The number of hydrogen-bond acceptors (Lipinski definition) is 4. The zero-order chi connectivity index (χ0) is 17.3. The summed E-state index contributed by atoms with van der Waals surface area (Å²) in [5.74, 6) is -0.136. The molecule has 23 heavy (non-hydrogen) atoms. The first-order valence-electron chi connectivity index (χ1n) is 8.24. The van der Waals surface area contributed by atoms with Crippen molar-refractivity contribution in [1.29, 1.82) is 0 Å². The molecule has 130 valence electrons. The first kappa shape index (κ1) is 18.4. The van der Waals surface area contributed by atoms with Crippen molar-refractivity contribution < 1.29 is 17.9 Å². The summed E-state index contributed by atoms with van der Waals surface area (Å²) in [6.07, 6.45) is 0.621. The molecule has 0 bridgehead atoms. The Balaban J connectivity index is 2.03. The van der Waals surface area contributed by atoms with Crippen LogP contribution in [0, 0.1) is 11.8 Å². The van der Waals surface area contributed by atoms with Crippen molar-refractivity contribution in [3.8, 4) is 0 Å². The first-order valence-corrected chi connectivity index (χ1v) is 9.89. The Bertz CT molecular complexity index is 607. The molecule has 0 saturated carbocycles. The zero-order valence-corrected chi connectivity index (χ0v) is 15.5. The van der Waals surface area contributed by atoms with E-state index in [4.69, 9.17) is 9.47 Å². The fourth-order valence-corrected chi connectivity index (χ4v) is 4.82. The number of ether oxygens (including phenoxy) is 2. The highest BCUT2D eigenvalue weighted by molar-refractivity contribution is 7.91. The van der Waals surface area contributed by atoms with Crippen LogP contribution in [0.3, 0.4) is 0 Å². The molecule has 0 aliphatic carbocycles. The van der Waals surface area contributed by atoms with E-state index < -0.39 is 15.6 Å². The quantitative estimate of drug-likeness (QED) is 0.793. The van der Waals surface area contributed by atoms with Gasteiger partial charge in [0, 0.05) is 0 Å². The predicted molar refractivity (Wildman–Crippen MR) is 90.9 cm³/mol. The second kappa shape index (κ2) is 6.91. The maximum atomic E-state index is 12.5. The fourth-order valence-electron chi connectivity index (χ4n) is 3.17. The second-order valence-corrected chi connectivity index (χ2v) is 9.35. The van der Waals surface area contributed by atoms with Crippen LogP contribution in [0.1, 0.15) is 41.0 Å². The smallest absolute Gasteiger partial charge is 0.178 e. The van der Waals surface area contributed by atoms with E-state index in [1.807, 2.05) is 26.8 Å². The SMILES string of the molecule is CC(C)[C@H]1OC(C)(C)O[C@@H]1C[C@H](C)CS(=O)(=O)c1ccccc1. The van der Waals surface area contributed by atoms with Gasteiger partial charge >= 0.3 is 0 Å². The normalized spacial score (nSPS) is 25.7. The van der Waals surface area contributed by atoms with Gasteiger partial charge in [0.25, 0.3) is 0 Å². The van der Waals surface area contributed by atoms with Gasteiger partial charge < -0.3 is 9.47 Å². The molecule has 1 fully saturated rings. The minimum absolute atomic E-state index is 0.00366. The maximum absolute atomic E-state index is 12.5. The van der Waals surface area contributed by atoms with Crippen molar-refractivity contribution in [2.45, 2.75) is 63.9 Å². The first-order chi connectivity index (χ1) is 10.6. The van der Waals surface area contributed by atoms with Crippen molar-refractivity contribution >= 4 is 9.84 Å². The molecular formula is C18H28O4S. The average Bonchev–Trinajstić information content (AvgIpc) is 2.74. The fraction of sp³-hybridized carbons (Fsp3) is 0.667. The summed E-state index contributed by atoms with van der Waals surface area (Å²) in [6, 6.07) is 8.63. The minimum atomic E-state index is -3.26. The molecule has 0 aromatic heterocycles. The van der Waals surface area contributed by atoms with Gasteiger partial charge in [0.1, 0.15) is 0 Å². The molecule has 0 radical (unpaired) electrons. The van der Waals surface area contributed by atoms with Crippen molar-refractivity contribution in [3.05, 3.63) is 30.3 Å². The van der Waals surface area contributed by atoms with E-state index in [0.717, 1.165) is 0 Å². The average molecular weight is 340 g/mol. The van der Waals surface area contributed by atoms with Gasteiger partial charge in [0.15, 0.2) is 15.6 Å². The molecule has 1 saturated heterocycles. The summed E-state index contributed by atoms with van der Waals surface area (Å²) in [5.41, 5.74) is 0. The molecule has 3 atom stereocenters. The Morgan fingerprint density at radius 1 is 1.09 bits per heavy atom. The van der Waals surface area contributed by atoms with Crippen LogP contribution in [0.2, 0.25) is 0 Å². The van der Waals surface area contributed by atoms with Crippen LogP contribution in [0.5, 0.6) is 0 Å². The molecule has 1 heterocycles. The van der Waals surface area contributed by atoms with Crippen LogP contribution in [0.25, 0.3) is 0 Å². The van der Waals surface area contributed by atoms with E-state index in [1.165, 1.54) is 0 Å². The second-order valence-electron chi connectivity index (χ2n) is 7.32. The molecule has 1 aromatic rings.